The Bertz CT molecular complexity index is 878. The van der Waals surface area contributed by atoms with Crippen molar-refractivity contribution in [3.05, 3.63) is 82.9 Å². The maximum Gasteiger partial charge on any atom is 0.174 e. The molecular formula is C22H18O. The van der Waals surface area contributed by atoms with Crippen LogP contribution in [0.25, 0.3) is 11.1 Å². The van der Waals surface area contributed by atoms with Gasteiger partial charge < -0.3 is 4.74 Å². The number of hydrogen-bond acceptors (Lipinski definition) is 1. The molecule has 1 heteroatoms. The molecule has 1 heterocycles. The van der Waals surface area contributed by atoms with Gasteiger partial charge in [-0.15, -0.1) is 0 Å². The highest BCUT2D eigenvalue weighted by Crippen LogP contribution is 2.58. The maximum atomic E-state index is 5.89. The third-order valence-corrected chi connectivity index (χ3v) is 5.05. The quantitative estimate of drug-likeness (QED) is 0.377. The minimum Gasteiger partial charge on any atom is -0.449 e. The van der Waals surface area contributed by atoms with Gasteiger partial charge in [-0.3, -0.25) is 0 Å². The van der Waals surface area contributed by atoms with Crippen LogP contribution in [-0.4, -0.2) is 0 Å². The van der Waals surface area contributed by atoms with Crippen molar-refractivity contribution in [2.24, 2.45) is 0 Å². The molecule has 0 saturated carbocycles. The molecule has 112 valence electrons. The molecule has 2 aliphatic rings. The van der Waals surface area contributed by atoms with Crippen molar-refractivity contribution in [3.8, 4) is 22.6 Å². The molecule has 0 amide bonds. The number of rotatable bonds is 3. The summed E-state index contributed by atoms with van der Waals surface area (Å²) in [5.74, 6) is 2.55. The first kappa shape index (κ1) is 13.0. The molecular weight excluding hydrogens is 280 g/mol. The monoisotopic (exact) mass is 298 g/mol. The first-order valence-corrected chi connectivity index (χ1v) is 8.40. The van der Waals surface area contributed by atoms with Crippen molar-refractivity contribution >= 4 is 0 Å². The van der Waals surface area contributed by atoms with Gasteiger partial charge in [0.2, 0.25) is 0 Å². The first-order chi connectivity index (χ1) is 11.4. The van der Waals surface area contributed by atoms with E-state index in [0.717, 1.165) is 24.3 Å². The summed E-state index contributed by atoms with van der Waals surface area (Å²) in [4.78, 5) is 0. The molecule has 0 N–H and O–H groups in total. The first-order valence-electron chi connectivity index (χ1n) is 8.40. The van der Waals surface area contributed by atoms with Gasteiger partial charge in [0.1, 0.15) is 0 Å². The van der Waals surface area contributed by atoms with Gasteiger partial charge in [0.25, 0.3) is 0 Å². The summed E-state index contributed by atoms with van der Waals surface area (Å²) < 4.78 is 5.89. The van der Waals surface area contributed by atoms with Gasteiger partial charge in [-0.1, -0.05) is 74.0 Å². The van der Waals surface area contributed by atoms with Crippen LogP contribution in [0.3, 0.4) is 0 Å². The molecule has 3 aromatic rings. The fraction of sp³-hybridized carbons (Fsp3) is 0.182. The van der Waals surface area contributed by atoms with Gasteiger partial charge in [0.05, 0.1) is 0 Å². The van der Waals surface area contributed by atoms with E-state index in [1.54, 1.807) is 0 Å². The highest BCUT2D eigenvalue weighted by atomic mass is 16.6. The number of hydrogen-bond donors (Lipinski definition) is 0. The Kier molecular flexibility index (Phi) is 2.66. The summed E-state index contributed by atoms with van der Waals surface area (Å²) >= 11 is 0. The van der Waals surface area contributed by atoms with Gasteiger partial charge in [-0.2, -0.15) is 0 Å². The van der Waals surface area contributed by atoms with E-state index in [9.17, 15) is 0 Å². The van der Waals surface area contributed by atoms with Crippen molar-refractivity contribution in [3.63, 3.8) is 0 Å². The molecule has 0 spiro atoms. The zero-order valence-electron chi connectivity index (χ0n) is 13.2. The van der Waals surface area contributed by atoms with Crippen LogP contribution >= 0.6 is 0 Å². The SMILES string of the molecule is CCCc1ccc(C2c3ccccc3-c3ccccc32)c2c1O2. The third kappa shape index (κ3) is 1.80. The topological polar surface area (TPSA) is 12.5 Å². The van der Waals surface area contributed by atoms with E-state index in [4.69, 9.17) is 4.74 Å². The Morgan fingerprint density at radius 2 is 1.39 bits per heavy atom. The van der Waals surface area contributed by atoms with Crippen molar-refractivity contribution in [1.82, 2.24) is 0 Å². The standard InChI is InChI=1S/C22H18O/c1-2-7-14-12-13-19(22-21(14)23-22)20-17-10-5-3-8-15(17)16-9-4-6-11-18(16)20/h3-6,8-13,20H,2,7H2,1H3. The molecule has 1 aliphatic heterocycles. The lowest BCUT2D eigenvalue weighted by molar-refractivity contribution is 0.636. The molecule has 0 unspecified atom stereocenters. The maximum absolute atomic E-state index is 5.89. The molecule has 1 aliphatic carbocycles. The predicted molar refractivity (Wildman–Crippen MR) is 93.3 cm³/mol. The highest BCUT2D eigenvalue weighted by Gasteiger charge is 2.37. The smallest absolute Gasteiger partial charge is 0.174 e. The summed E-state index contributed by atoms with van der Waals surface area (Å²) in [6.45, 7) is 2.21. The van der Waals surface area contributed by atoms with E-state index < -0.39 is 0 Å². The Labute approximate surface area is 136 Å². The zero-order valence-corrected chi connectivity index (χ0v) is 13.2. The number of benzene rings is 3. The van der Waals surface area contributed by atoms with Gasteiger partial charge >= 0.3 is 0 Å². The molecule has 0 saturated heterocycles. The van der Waals surface area contributed by atoms with Crippen LogP contribution in [0.4, 0.5) is 0 Å². The minimum absolute atomic E-state index is 0.300. The fourth-order valence-corrected chi connectivity index (χ4v) is 4.00. The molecule has 0 aromatic heterocycles. The van der Waals surface area contributed by atoms with Crippen molar-refractivity contribution in [2.75, 3.05) is 0 Å². The van der Waals surface area contributed by atoms with Crippen LogP contribution < -0.4 is 4.74 Å². The summed E-state index contributed by atoms with van der Waals surface area (Å²) in [7, 11) is 0. The number of fused-ring (bicyclic) bond motifs is 4. The second-order valence-corrected chi connectivity index (χ2v) is 6.43. The summed E-state index contributed by atoms with van der Waals surface area (Å²) in [6, 6.07) is 22.1. The second-order valence-electron chi connectivity index (χ2n) is 6.43. The van der Waals surface area contributed by atoms with Gasteiger partial charge in [-0.25, -0.2) is 0 Å². The van der Waals surface area contributed by atoms with E-state index in [1.165, 1.54) is 33.4 Å². The minimum atomic E-state index is 0.300. The Hall–Kier alpha value is -2.54. The van der Waals surface area contributed by atoms with Crippen LogP contribution in [-0.2, 0) is 6.42 Å². The lowest BCUT2D eigenvalue weighted by atomic mass is 9.88. The molecule has 0 fully saturated rings. The lowest BCUT2D eigenvalue weighted by Gasteiger charge is -2.13. The van der Waals surface area contributed by atoms with Crippen LogP contribution in [0.1, 0.15) is 41.5 Å². The molecule has 0 atom stereocenters. The van der Waals surface area contributed by atoms with E-state index >= 15 is 0 Å². The molecule has 0 radical (unpaired) electrons. The summed E-state index contributed by atoms with van der Waals surface area (Å²) in [5, 5.41) is 0. The lowest BCUT2D eigenvalue weighted by Crippen LogP contribution is -1.97. The van der Waals surface area contributed by atoms with Gasteiger partial charge in [0, 0.05) is 11.5 Å². The average Bonchev–Trinajstić information content (AvgIpc) is 3.33. The predicted octanol–water partition coefficient (Wildman–Crippen LogP) is 5.91. The van der Waals surface area contributed by atoms with Crippen LogP contribution in [0.5, 0.6) is 11.5 Å². The van der Waals surface area contributed by atoms with Gasteiger partial charge in [-0.05, 0) is 34.2 Å². The second kappa shape index (κ2) is 4.73. The average molecular weight is 298 g/mol. The van der Waals surface area contributed by atoms with E-state index in [2.05, 4.69) is 67.6 Å². The fourth-order valence-electron chi connectivity index (χ4n) is 4.00. The van der Waals surface area contributed by atoms with Crippen LogP contribution in [0.15, 0.2) is 60.7 Å². The van der Waals surface area contributed by atoms with E-state index in [-0.39, 0.29) is 0 Å². The Balaban J connectivity index is 1.70. The number of ether oxygens (including phenoxy) is 1. The molecule has 3 aromatic carbocycles. The zero-order chi connectivity index (χ0) is 15.4. The van der Waals surface area contributed by atoms with Crippen molar-refractivity contribution in [1.29, 1.82) is 0 Å². The molecule has 0 bridgehead atoms. The Morgan fingerprint density at radius 1 is 0.739 bits per heavy atom. The highest BCUT2D eigenvalue weighted by molar-refractivity contribution is 5.82. The van der Waals surface area contributed by atoms with Crippen LogP contribution in [0, 0.1) is 0 Å². The third-order valence-electron chi connectivity index (χ3n) is 5.05. The van der Waals surface area contributed by atoms with E-state index in [1.807, 2.05) is 0 Å². The Morgan fingerprint density at radius 3 is 2.04 bits per heavy atom. The molecule has 1 nitrogen and oxygen atoms in total. The normalized spacial score (nSPS) is 14.0. The van der Waals surface area contributed by atoms with E-state index in [0.29, 0.717) is 5.92 Å². The summed E-state index contributed by atoms with van der Waals surface area (Å²) in [5.41, 5.74) is 8.19. The van der Waals surface area contributed by atoms with Crippen molar-refractivity contribution in [2.45, 2.75) is 25.7 Å². The summed E-state index contributed by atoms with van der Waals surface area (Å²) in [6.07, 6.45) is 2.25. The molecule has 23 heavy (non-hydrogen) atoms. The largest absolute Gasteiger partial charge is 0.449 e. The van der Waals surface area contributed by atoms with Crippen LogP contribution in [0.2, 0.25) is 0 Å². The van der Waals surface area contributed by atoms with Crippen molar-refractivity contribution < 1.29 is 4.74 Å². The van der Waals surface area contributed by atoms with Gasteiger partial charge in [0.15, 0.2) is 11.5 Å². The molecule has 5 rings (SSSR count). The number of aryl methyl sites for hydroxylation is 1.